The maximum Gasteiger partial charge on any atom is 0.216 e. The van der Waals surface area contributed by atoms with Crippen molar-refractivity contribution in [3.8, 4) is 0 Å². The molecule has 6 heteroatoms. The summed E-state index contributed by atoms with van der Waals surface area (Å²) in [7, 11) is 0. The zero-order valence-corrected chi connectivity index (χ0v) is 8.88. The fourth-order valence-electron chi connectivity index (χ4n) is 1.45. The first kappa shape index (κ1) is 12.2. The molecule has 2 aromatic carbocycles. The zero-order valence-electron chi connectivity index (χ0n) is 8.06. The number of fused-ring (bicyclic) bond motifs is 1. The SMILES string of the molecule is NC(=S)N=c1c(=O)c2ccccc2c1=O.O. The number of nitrogens with two attached hydrogens (primary N) is 1. The quantitative estimate of drug-likeness (QED) is 0.577. The third-order valence-corrected chi connectivity index (χ3v) is 2.16. The fourth-order valence-corrected chi connectivity index (χ4v) is 1.54. The first-order chi connectivity index (χ1) is 7.11. The summed E-state index contributed by atoms with van der Waals surface area (Å²) in [6, 6.07) is 6.54. The molecule has 0 unspecified atom stereocenters. The summed E-state index contributed by atoms with van der Waals surface area (Å²) in [4.78, 5) is 26.9. The minimum atomic E-state index is -0.414. The van der Waals surface area contributed by atoms with Crippen LogP contribution >= 0.6 is 12.2 Å². The van der Waals surface area contributed by atoms with Gasteiger partial charge in [-0.05, 0) is 12.2 Å². The van der Waals surface area contributed by atoms with E-state index in [1.165, 1.54) is 0 Å². The van der Waals surface area contributed by atoms with Crippen LogP contribution in [0.3, 0.4) is 0 Å². The summed E-state index contributed by atoms with van der Waals surface area (Å²) in [5.74, 6) is 0. The molecular formula is C10H8N2O3S. The van der Waals surface area contributed by atoms with E-state index in [0.717, 1.165) is 0 Å². The second kappa shape index (κ2) is 4.30. The van der Waals surface area contributed by atoms with Gasteiger partial charge in [0.25, 0.3) is 0 Å². The van der Waals surface area contributed by atoms with Crippen LogP contribution in [0.15, 0.2) is 38.8 Å². The van der Waals surface area contributed by atoms with Crippen molar-refractivity contribution >= 4 is 28.1 Å². The molecule has 82 valence electrons. The van der Waals surface area contributed by atoms with E-state index in [1.807, 2.05) is 0 Å². The first-order valence-electron chi connectivity index (χ1n) is 4.18. The Labute approximate surface area is 94.9 Å². The lowest BCUT2D eigenvalue weighted by Crippen LogP contribution is -2.33. The van der Waals surface area contributed by atoms with Gasteiger partial charge in [-0.15, -0.1) is 0 Å². The molecule has 0 radical (unpaired) electrons. The lowest BCUT2D eigenvalue weighted by atomic mass is 10.2. The summed E-state index contributed by atoms with van der Waals surface area (Å²) in [6.07, 6.45) is 0. The van der Waals surface area contributed by atoms with E-state index in [2.05, 4.69) is 17.2 Å². The topological polar surface area (TPSA) is 104 Å². The Morgan fingerprint density at radius 3 is 1.94 bits per heavy atom. The van der Waals surface area contributed by atoms with Crippen molar-refractivity contribution in [3.63, 3.8) is 0 Å². The molecule has 0 bridgehead atoms. The highest BCUT2D eigenvalue weighted by atomic mass is 32.1. The lowest BCUT2D eigenvalue weighted by molar-refractivity contribution is 0.824. The Hall–Kier alpha value is -1.92. The summed E-state index contributed by atoms with van der Waals surface area (Å²) in [6.45, 7) is 0. The molecule has 0 aliphatic carbocycles. The first-order valence-corrected chi connectivity index (χ1v) is 4.58. The standard InChI is InChI=1S/C10H6N2O2S.H2O/c11-10(15)12-7-8(13)5-3-1-2-4-6(5)9(7)14;/h1-4H,(H2,11,15);1H2. The van der Waals surface area contributed by atoms with Gasteiger partial charge >= 0.3 is 0 Å². The zero-order chi connectivity index (χ0) is 11.0. The number of hydrogen-bond donors (Lipinski definition) is 1. The third-order valence-electron chi connectivity index (χ3n) is 2.07. The normalized spacial score (nSPS) is 9.75. The molecule has 2 rings (SSSR count). The minimum Gasteiger partial charge on any atom is -0.412 e. The van der Waals surface area contributed by atoms with Gasteiger partial charge < -0.3 is 11.2 Å². The van der Waals surface area contributed by atoms with Crippen molar-refractivity contribution in [1.82, 2.24) is 0 Å². The van der Waals surface area contributed by atoms with Crippen molar-refractivity contribution in [1.29, 1.82) is 0 Å². The van der Waals surface area contributed by atoms with Gasteiger partial charge in [-0.1, -0.05) is 24.3 Å². The van der Waals surface area contributed by atoms with E-state index in [-0.39, 0.29) is 15.9 Å². The second-order valence-corrected chi connectivity index (χ2v) is 3.42. The van der Waals surface area contributed by atoms with Crippen LogP contribution in [0.4, 0.5) is 0 Å². The van der Waals surface area contributed by atoms with E-state index in [0.29, 0.717) is 10.8 Å². The van der Waals surface area contributed by atoms with Gasteiger partial charge in [0.1, 0.15) is 0 Å². The number of hydrogen-bond acceptors (Lipinski definition) is 3. The van der Waals surface area contributed by atoms with E-state index in [9.17, 15) is 9.59 Å². The maximum absolute atomic E-state index is 11.7. The molecule has 0 fully saturated rings. The van der Waals surface area contributed by atoms with E-state index in [4.69, 9.17) is 5.73 Å². The molecule has 0 aliphatic heterocycles. The van der Waals surface area contributed by atoms with Crippen LogP contribution in [0, 0.1) is 0 Å². The van der Waals surface area contributed by atoms with Crippen LogP contribution in [0.1, 0.15) is 0 Å². The number of rotatable bonds is 0. The molecule has 4 N–H and O–H groups in total. The van der Waals surface area contributed by atoms with Crippen molar-refractivity contribution in [2.45, 2.75) is 0 Å². The summed E-state index contributed by atoms with van der Waals surface area (Å²) >= 11 is 4.53. The summed E-state index contributed by atoms with van der Waals surface area (Å²) < 4.78 is 0. The summed E-state index contributed by atoms with van der Waals surface area (Å²) in [5.41, 5.74) is 4.34. The van der Waals surface area contributed by atoms with Crippen LogP contribution < -0.4 is 21.9 Å². The van der Waals surface area contributed by atoms with Gasteiger partial charge in [-0.2, -0.15) is 0 Å². The predicted octanol–water partition coefficient (Wildman–Crippen LogP) is -1.24. The highest BCUT2D eigenvalue weighted by Gasteiger charge is 2.09. The summed E-state index contributed by atoms with van der Waals surface area (Å²) in [5, 5.41) is 0.318. The van der Waals surface area contributed by atoms with Crippen LogP contribution in [0.2, 0.25) is 0 Å². The molecule has 0 atom stereocenters. The van der Waals surface area contributed by atoms with E-state index < -0.39 is 10.9 Å². The monoisotopic (exact) mass is 236 g/mol. The van der Waals surface area contributed by atoms with Crippen LogP contribution in [-0.4, -0.2) is 10.6 Å². The molecule has 0 amide bonds. The van der Waals surface area contributed by atoms with E-state index >= 15 is 0 Å². The smallest absolute Gasteiger partial charge is 0.216 e. The molecule has 0 heterocycles. The van der Waals surface area contributed by atoms with E-state index in [1.54, 1.807) is 24.3 Å². The molecule has 16 heavy (non-hydrogen) atoms. The number of benzene rings is 1. The Morgan fingerprint density at radius 1 is 1.12 bits per heavy atom. The van der Waals surface area contributed by atoms with Crippen molar-refractivity contribution in [3.05, 3.63) is 50.1 Å². The van der Waals surface area contributed by atoms with Crippen LogP contribution in [0.5, 0.6) is 0 Å². The van der Waals surface area contributed by atoms with Crippen LogP contribution in [-0.2, 0) is 0 Å². The predicted molar refractivity (Wildman–Crippen MR) is 64.8 cm³/mol. The highest BCUT2D eigenvalue weighted by Crippen LogP contribution is 2.01. The molecule has 0 saturated carbocycles. The molecular weight excluding hydrogens is 228 g/mol. The molecule has 0 saturated heterocycles. The molecule has 0 aromatic heterocycles. The number of nitrogens with zero attached hydrogens (tertiary/aromatic N) is 1. The van der Waals surface area contributed by atoms with Gasteiger partial charge in [-0.3, -0.25) is 9.59 Å². The van der Waals surface area contributed by atoms with Gasteiger partial charge in [0, 0.05) is 10.8 Å². The Bertz CT molecular complexity index is 649. The van der Waals surface area contributed by atoms with Gasteiger partial charge in [0.15, 0.2) is 10.5 Å². The highest BCUT2D eigenvalue weighted by molar-refractivity contribution is 7.80. The largest absolute Gasteiger partial charge is 0.412 e. The molecule has 5 nitrogen and oxygen atoms in total. The van der Waals surface area contributed by atoms with Crippen molar-refractivity contribution < 1.29 is 5.48 Å². The minimum absolute atomic E-state index is 0. The van der Waals surface area contributed by atoms with Gasteiger partial charge in [-0.25, -0.2) is 4.99 Å². The molecule has 0 aliphatic rings. The number of thiocarbonyl (C=S) groups is 1. The van der Waals surface area contributed by atoms with Crippen LogP contribution in [0.25, 0.3) is 10.8 Å². The van der Waals surface area contributed by atoms with Gasteiger partial charge in [0.2, 0.25) is 10.9 Å². The fraction of sp³-hybridized carbons (Fsp3) is 0. The average Bonchev–Trinajstić information content (AvgIpc) is 2.44. The average molecular weight is 236 g/mol. The lowest BCUT2D eigenvalue weighted by Gasteiger charge is -1.81. The Balaban J connectivity index is 0.00000128. The Morgan fingerprint density at radius 2 is 1.56 bits per heavy atom. The van der Waals surface area contributed by atoms with Crippen molar-refractivity contribution in [2.75, 3.05) is 0 Å². The molecule has 2 aromatic rings. The maximum atomic E-state index is 11.7. The second-order valence-electron chi connectivity index (χ2n) is 3.00. The van der Waals surface area contributed by atoms with Crippen molar-refractivity contribution in [2.24, 2.45) is 10.7 Å². The Kier molecular flexibility index (Phi) is 3.26. The van der Waals surface area contributed by atoms with Gasteiger partial charge in [0.05, 0.1) is 0 Å². The third kappa shape index (κ3) is 1.75. The molecule has 0 spiro atoms.